The van der Waals surface area contributed by atoms with Gasteiger partial charge in [0.2, 0.25) is 0 Å². The fraction of sp³-hybridized carbons (Fsp3) is 0.355. The molecule has 7 nitrogen and oxygen atoms in total. The number of carbonyl (C=O) groups is 1. The summed E-state index contributed by atoms with van der Waals surface area (Å²) in [5, 5.41) is 10.6. The number of esters is 1. The Kier molecular flexibility index (Phi) is 9.30. The van der Waals surface area contributed by atoms with Crippen molar-refractivity contribution in [3.05, 3.63) is 101 Å². The molecule has 0 radical (unpaired) electrons. The van der Waals surface area contributed by atoms with Crippen LogP contribution in [-0.4, -0.2) is 30.1 Å². The molecule has 1 aliphatic rings. The van der Waals surface area contributed by atoms with E-state index in [4.69, 9.17) is 4.74 Å². The molecule has 4 rings (SSSR count). The van der Waals surface area contributed by atoms with Gasteiger partial charge in [0.05, 0.1) is 11.1 Å². The van der Waals surface area contributed by atoms with Gasteiger partial charge >= 0.3 is 12.1 Å². The molecule has 42 heavy (non-hydrogen) atoms. The molecule has 2 atom stereocenters. The van der Waals surface area contributed by atoms with Crippen molar-refractivity contribution in [1.82, 2.24) is 4.98 Å². The average Bonchev–Trinajstić information content (AvgIpc) is 2.94. The molecule has 0 amide bonds. The van der Waals surface area contributed by atoms with Gasteiger partial charge in [0.1, 0.15) is 11.4 Å². The number of nitrogens with one attached hydrogen (secondary N) is 1. The maximum atomic E-state index is 13.4. The number of hydrogen-bond donors (Lipinski definition) is 2. The summed E-state index contributed by atoms with van der Waals surface area (Å²) < 4.78 is 72.6. The van der Waals surface area contributed by atoms with Crippen LogP contribution < -0.4 is 4.72 Å². The highest BCUT2D eigenvalue weighted by Gasteiger charge is 2.43. The van der Waals surface area contributed by atoms with E-state index in [9.17, 15) is 31.5 Å². The van der Waals surface area contributed by atoms with Crippen molar-refractivity contribution < 1.29 is 36.2 Å². The fourth-order valence-corrected chi connectivity index (χ4v) is 6.35. The van der Waals surface area contributed by atoms with E-state index in [-0.39, 0.29) is 23.4 Å². The summed E-state index contributed by atoms with van der Waals surface area (Å²) in [4.78, 5) is 16.9. The van der Waals surface area contributed by atoms with Crippen LogP contribution in [0.3, 0.4) is 0 Å². The lowest BCUT2D eigenvalue weighted by Crippen LogP contribution is -2.41. The molecule has 0 saturated carbocycles. The summed E-state index contributed by atoms with van der Waals surface area (Å²) in [5.74, 6) is -1.23. The van der Waals surface area contributed by atoms with E-state index in [0.717, 1.165) is 18.1 Å². The summed E-state index contributed by atoms with van der Waals surface area (Å²) in [6.07, 6.45) is -1.00. The van der Waals surface area contributed by atoms with Crippen LogP contribution >= 0.6 is 0 Å². The van der Waals surface area contributed by atoms with Crippen LogP contribution in [0.2, 0.25) is 0 Å². The molecule has 0 fully saturated rings. The van der Waals surface area contributed by atoms with Gasteiger partial charge in [0.25, 0.3) is 10.0 Å². The molecule has 1 unspecified atom stereocenters. The summed E-state index contributed by atoms with van der Waals surface area (Å²) in [5.41, 5.74) is 0.0252. The molecule has 0 aliphatic carbocycles. The summed E-state index contributed by atoms with van der Waals surface area (Å²) in [7, 11) is -4.30. The zero-order chi connectivity index (χ0) is 30.5. The van der Waals surface area contributed by atoms with Crippen LogP contribution in [-0.2, 0) is 32.2 Å². The maximum Gasteiger partial charge on any atom is 0.417 e. The van der Waals surface area contributed by atoms with Gasteiger partial charge in [-0.3, -0.25) is 4.72 Å². The summed E-state index contributed by atoms with van der Waals surface area (Å²) in [6, 6.07) is 17.6. The van der Waals surface area contributed by atoms with Gasteiger partial charge < -0.3 is 9.84 Å². The standard InChI is InChI=1S/C31H33F3N2O5S/c1-3-16-30(17-15-21-9-6-5-7-10-21)19-26(37)28(29(38)41-30)25(4-2)22-11-8-12-24(18-22)36-42(39,40)27-14-13-23(20-35-27)31(32,33)34/h5-14,18,20,25,36-37H,3-4,15-17,19H2,1-2H3/t25?,30-/m0/s1. The van der Waals surface area contributed by atoms with Crippen LogP contribution in [0.5, 0.6) is 0 Å². The second-order valence-corrected chi connectivity index (χ2v) is 12.0. The molecule has 0 saturated heterocycles. The Bertz CT molecular complexity index is 1540. The molecule has 0 spiro atoms. The molecule has 3 aromatic rings. The number of ether oxygens (including phenoxy) is 1. The van der Waals surface area contributed by atoms with Crippen molar-refractivity contribution in [3.8, 4) is 0 Å². The molecule has 1 aromatic heterocycles. The van der Waals surface area contributed by atoms with Crippen molar-refractivity contribution in [3.63, 3.8) is 0 Å². The van der Waals surface area contributed by atoms with Gasteiger partial charge in [-0.15, -0.1) is 0 Å². The SMILES string of the molecule is CCC[C@]1(CCc2ccccc2)CC(O)=C(C(CC)c2cccc(NS(=O)(=O)c3ccc(C(F)(F)F)cn3)c2)C(=O)O1. The second-order valence-electron chi connectivity index (χ2n) is 10.4. The van der Waals surface area contributed by atoms with E-state index in [2.05, 4.69) is 9.71 Å². The average molecular weight is 603 g/mol. The van der Waals surface area contributed by atoms with Crippen LogP contribution in [0.25, 0.3) is 0 Å². The highest BCUT2D eigenvalue weighted by molar-refractivity contribution is 7.92. The topological polar surface area (TPSA) is 106 Å². The van der Waals surface area contributed by atoms with Crippen molar-refractivity contribution in [2.24, 2.45) is 0 Å². The first kappa shape index (κ1) is 31.1. The number of aliphatic hydroxyl groups is 1. The van der Waals surface area contributed by atoms with Crippen LogP contribution in [0.15, 0.2) is 89.3 Å². The van der Waals surface area contributed by atoms with Crippen molar-refractivity contribution in [1.29, 1.82) is 0 Å². The molecular formula is C31H33F3N2O5S. The van der Waals surface area contributed by atoms with E-state index in [0.29, 0.717) is 43.5 Å². The van der Waals surface area contributed by atoms with E-state index in [1.807, 2.05) is 44.2 Å². The quantitative estimate of drug-likeness (QED) is 0.223. The van der Waals surface area contributed by atoms with Gasteiger partial charge in [-0.25, -0.2) is 9.78 Å². The third-order valence-electron chi connectivity index (χ3n) is 7.38. The lowest BCUT2D eigenvalue weighted by molar-refractivity contribution is -0.161. The number of rotatable bonds is 11. The predicted octanol–water partition coefficient (Wildman–Crippen LogP) is 7.33. The molecule has 2 N–H and O–H groups in total. The zero-order valence-electron chi connectivity index (χ0n) is 23.3. The molecule has 2 heterocycles. The van der Waals surface area contributed by atoms with Crippen LogP contribution in [0, 0.1) is 0 Å². The van der Waals surface area contributed by atoms with E-state index in [1.54, 1.807) is 12.1 Å². The van der Waals surface area contributed by atoms with Crippen molar-refractivity contribution in [2.75, 3.05) is 4.72 Å². The lowest BCUT2D eigenvalue weighted by atomic mass is 9.80. The normalized spacial score (nSPS) is 18.5. The van der Waals surface area contributed by atoms with Crippen molar-refractivity contribution >= 4 is 21.7 Å². The van der Waals surface area contributed by atoms with Gasteiger partial charge in [-0.1, -0.05) is 62.7 Å². The van der Waals surface area contributed by atoms with E-state index >= 15 is 0 Å². The third-order valence-corrected chi connectivity index (χ3v) is 8.68. The number of aliphatic hydroxyl groups excluding tert-OH is 1. The number of nitrogens with zero attached hydrogens (tertiary/aromatic N) is 1. The number of carbonyl (C=O) groups excluding carboxylic acids is 1. The Morgan fingerprint density at radius 3 is 2.38 bits per heavy atom. The monoisotopic (exact) mass is 602 g/mol. The Hall–Kier alpha value is -3.86. The number of cyclic esters (lactones) is 1. The zero-order valence-corrected chi connectivity index (χ0v) is 24.1. The number of aryl methyl sites for hydroxylation is 1. The molecule has 1 aliphatic heterocycles. The van der Waals surface area contributed by atoms with Gasteiger partial charge in [0.15, 0.2) is 5.03 Å². The second kappa shape index (κ2) is 12.6. The third kappa shape index (κ3) is 7.13. The highest BCUT2D eigenvalue weighted by atomic mass is 32.2. The largest absolute Gasteiger partial charge is 0.512 e. The first-order chi connectivity index (χ1) is 19.9. The van der Waals surface area contributed by atoms with E-state index in [1.165, 1.54) is 12.1 Å². The Morgan fingerprint density at radius 2 is 1.79 bits per heavy atom. The Balaban J connectivity index is 1.57. The molecule has 224 valence electrons. The molecular weight excluding hydrogens is 569 g/mol. The molecule has 2 aromatic carbocycles. The fourth-order valence-electron chi connectivity index (χ4n) is 5.37. The minimum absolute atomic E-state index is 0.0421. The summed E-state index contributed by atoms with van der Waals surface area (Å²) in [6.45, 7) is 3.83. The lowest BCUT2D eigenvalue weighted by Gasteiger charge is -2.38. The number of alkyl halides is 3. The smallest absolute Gasteiger partial charge is 0.417 e. The van der Waals surface area contributed by atoms with Gasteiger partial charge in [-0.2, -0.15) is 21.6 Å². The maximum absolute atomic E-state index is 13.4. The highest BCUT2D eigenvalue weighted by Crippen LogP contribution is 2.42. The molecule has 0 bridgehead atoms. The van der Waals surface area contributed by atoms with Gasteiger partial charge in [0, 0.05) is 24.2 Å². The number of benzene rings is 2. The van der Waals surface area contributed by atoms with E-state index < -0.39 is 44.3 Å². The van der Waals surface area contributed by atoms with Gasteiger partial charge in [-0.05, 0) is 61.1 Å². The molecule has 11 heteroatoms. The first-order valence-electron chi connectivity index (χ1n) is 13.7. The number of pyridine rings is 1. The van der Waals surface area contributed by atoms with Crippen LogP contribution in [0.1, 0.15) is 68.6 Å². The van der Waals surface area contributed by atoms with Crippen LogP contribution in [0.4, 0.5) is 18.9 Å². The number of sulfonamides is 1. The minimum atomic E-state index is -4.65. The van der Waals surface area contributed by atoms with Crippen molar-refractivity contribution in [2.45, 2.75) is 75.1 Å². The number of aromatic nitrogens is 1. The number of halogens is 3. The Morgan fingerprint density at radius 1 is 1.05 bits per heavy atom. The number of anilines is 1. The number of hydrogen-bond acceptors (Lipinski definition) is 6. The Labute approximate surface area is 243 Å². The summed E-state index contributed by atoms with van der Waals surface area (Å²) >= 11 is 0. The minimum Gasteiger partial charge on any atom is -0.512 e. The predicted molar refractivity (Wildman–Crippen MR) is 152 cm³/mol. The first-order valence-corrected chi connectivity index (χ1v) is 15.2.